The van der Waals surface area contributed by atoms with E-state index in [2.05, 4.69) is 42.5 Å². The summed E-state index contributed by atoms with van der Waals surface area (Å²) in [4.78, 5) is 11.7. The van der Waals surface area contributed by atoms with Crippen LogP contribution in [-0.4, -0.2) is 5.78 Å². The first-order valence-corrected chi connectivity index (χ1v) is 7.02. The van der Waals surface area contributed by atoms with Crippen LogP contribution in [0, 0.1) is 0 Å². The molecule has 0 aliphatic heterocycles. The molecule has 0 bridgehead atoms. The fourth-order valence-corrected chi connectivity index (χ4v) is 2.85. The Kier molecular flexibility index (Phi) is 3.45. The van der Waals surface area contributed by atoms with Crippen molar-refractivity contribution in [3.05, 3.63) is 59.7 Å². The number of carbonyl (C=O) groups is 1. The van der Waals surface area contributed by atoms with Crippen molar-refractivity contribution in [1.82, 2.24) is 0 Å². The monoisotopic (exact) mass is 250 g/mol. The lowest BCUT2D eigenvalue weighted by Crippen LogP contribution is -1.94. The Morgan fingerprint density at radius 2 is 1.68 bits per heavy atom. The van der Waals surface area contributed by atoms with E-state index < -0.39 is 0 Å². The Balaban J connectivity index is 1.95. The quantitative estimate of drug-likeness (QED) is 0.769. The minimum atomic E-state index is 0.299. The Morgan fingerprint density at radius 1 is 0.895 bits per heavy atom. The fraction of sp³-hybridized carbons (Fsp3) is 0.278. The van der Waals surface area contributed by atoms with Crippen molar-refractivity contribution in [2.45, 2.75) is 32.1 Å². The molecular formula is C18H18O. The number of hydrogen-bond acceptors (Lipinski definition) is 1. The van der Waals surface area contributed by atoms with E-state index in [0.29, 0.717) is 5.78 Å². The summed E-state index contributed by atoms with van der Waals surface area (Å²) in [5.41, 5.74) is 2.62. The molecule has 0 aromatic heterocycles. The molecule has 0 spiro atoms. The maximum Gasteiger partial charge on any atom is 0.155 e. The summed E-state index contributed by atoms with van der Waals surface area (Å²) in [7, 11) is 0. The van der Waals surface area contributed by atoms with Gasteiger partial charge in [0.15, 0.2) is 5.78 Å². The highest BCUT2D eigenvalue weighted by Crippen LogP contribution is 2.24. The highest BCUT2D eigenvalue weighted by atomic mass is 16.1. The standard InChI is InChI=1S/C18H18O/c19-17-10-3-1-6-14(13-17)12-16-9-5-8-15-7-2-4-11-18(15)16/h2,4-5,7-9,11,13H,1,3,6,10,12H2. The SMILES string of the molecule is O=C1C=C(Cc2cccc3ccccc23)CCCC1. The molecule has 1 nitrogen and oxygen atoms in total. The lowest BCUT2D eigenvalue weighted by molar-refractivity contribution is -0.114. The molecule has 0 saturated carbocycles. The summed E-state index contributed by atoms with van der Waals surface area (Å²) >= 11 is 0. The number of hydrogen-bond donors (Lipinski definition) is 0. The number of fused-ring (bicyclic) bond motifs is 1. The number of rotatable bonds is 2. The number of allylic oxidation sites excluding steroid dienone is 2. The minimum Gasteiger partial charge on any atom is -0.295 e. The molecule has 0 heterocycles. The first-order valence-electron chi connectivity index (χ1n) is 7.02. The van der Waals surface area contributed by atoms with Crippen LogP contribution in [-0.2, 0) is 11.2 Å². The molecule has 0 atom stereocenters. The molecular weight excluding hydrogens is 232 g/mol. The largest absolute Gasteiger partial charge is 0.295 e. The molecule has 1 aliphatic carbocycles. The summed E-state index contributed by atoms with van der Waals surface area (Å²) in [6.45, 7) is 0. The van der Waals surface area contributed by atoms with E-state index in [1.807, 2.05) is 6.08 Å². The van der Waals surface area contributed by atoms with Crippen molar-refractivity contribution in [2.75, 3.05) is 0 Å². The molecule has 0 N–H and O–H groups in total. The maximum atomic E-state index is 11.7. The zero-order valence-electron chi connectivity index (χ0n) is 11.1. The summed E-state index contributed by atoms with van der Waals surface area (Å²) < 4.78 is 0. The van der Waals surface area contributed by atoms with Gasteiger partial charge in [-0.3, -0.25) is 4.79 Å². The van der Waals surface area contributed by atoms with Crippen molar-refractivity contribution >= 4 is 16.6 Å². The van der Waals surface area contributed by atoms with Crippen LogP contribution >= 0.6 is 0 Å². The highest BCUT2D eigenvalue weighted by Gasteiger charge is 2.10. The average Bonchev–Trinajstić information content (AvgIpc) is 2.63. The van der Waals surface area contributed by atoms with Crippen molar-refractivity contribution in [3.8, 4) is 0 Å². The number of carbonyl (C=O) groups excluding carboxylic acids is 1. The van der Waals surface area contributed by atoms with Crippen LogP contribution in [0.5, 0.6) is 0 Å². The maximum absolute atomic E-state index is 11.7. The van der Waals surface area contributed by atoms with E-state index in [1.54, 1.807) is 0 Å². The van der Waals surface area contributed by atoms with E-state index in [-0.39, 0.29) is 0 Å². The number of benzene rings is 2. The van der Waals surface area contributed by atoms with Crippen LogP contribution in [0.3, 0.4) is 0 Å². The molecule has 3 rings (SSSR count). The van der Waals surface area contributed by atoms with Crippen LogP contribution in [0.4, 0.5) is 0 Å². The van der Waals surface area contributed by atoms with Gasteiger partial charge in [0, 0.05) is 6.42 Å². The Labute approximate surface area is 113 Å². The summed E-state index contributed by atoms with van der Waals surface area (Å²) in [5.74, 6) is 0.299. The first-order chi connectivity index (χ1) is 9.33. The van der Waals surface area contributed by atoms with Gasteiger partial charge in [0.25, 0.3) is 0 Å². The smallest absolute Gasteiger partial charge is 0.155 e. The second kappa shape index (κ2) is 5.40. The van der Waals surface area contributed by atoms with Crippen LogP contribution in [0.15, 0.2) is 54.1 Å². The van der Waals surface area contributed by atoms with Crippen LogP contribution in [0.25, 0.3) is 10.8 Å². The zero-order valence-corrected chi connectivity index (χ0v) is 11.1. The van der Waals surface area contributed by atoms with Crippen LogP contribution < -0.4 is 0 Å². The van der Waals surface area contributed by atoms with Crippen molar-refractivity contribution in [3.63, 3.8) is 0 Å². The van der Waals surface area contributed by atoms with Gasteiger partial charge < -0.3 is 0 Å². The molecule has 0 saturated heterocycles. The topological polar surface area (TPSA) is 17.1 Å². The third-order valence-electron chi connectivity index (χ3n) is 3.83. The first kappa shape index (κ1) is 12.2. The highest BCUT2D eigenvalue weighted by molar-refractivity contribution is 5.91. The molecule has 1 aliphatic rings. The second-order valence-corrected chi connectivity index (χ2v) is 5.29. The zero-order chi connectivity index (χ0) is 13.1. The molecule has 96 valence electrons. The van der Waals surface area contributed by atoms with Gasteiger partial charge in [-0.1, -0.05) is 48.0 Å². The average molecular weight is 250 g/mol. The lowest BCUT2D eigenvalue weighted by atomic mass is 9.96. The van der Waals surface area contributed by atoms with Crippen molar-refractivity contribution in [1.29, 1.82) is 0 Å². The van der Waals surface area contributed by atoms with Gasteiger partial charge >= 0.3 is 0 Å². The van der Waals surface area contributed by atoms with Crippen LogP contribution in [0.1, 0.15) is 31.2 Å². The molecule has 0 amide bonds. The molecule has 19 heavy (non-hydrogen) atoms. The predicted octanol–water partition coefficient (Wildman–Crippen LogP) is 4.45. The summed E-state index contributed by atoms with van der Waals surface area (Å²) in [5, 5.41) is 2.59. The molecule has 2 aromatic rings. The summed E-state index contributed by atoms with van der Waals surface area (Å²) in [6, 6.07) is 14.9. The minimum absolute atomic E-state index is 0.299. The molecule has 0 unspecified atom stereocenters. The Hall–Kier alpha value is -1.89. The lowest BCUT2D eigenvalue weighted by Gasteiger charge is -2.08. The molecule has 0 radical (unpaired) electrons. The Morgan fingerprint density at radius 3 is 2.63 bits per heavy atom. The van der Waals surface area contributed by atoms with E-state index in [0.717, 1.165) is 32.1 Å². The molecule has 0 fully saturated rings. The van der Waals surface area contributed by atoms with Gasteiger partial charge in [0.1, 0.15) is 0 Å². The fourth-order valence-electron chi connectivity index (χ4n) is 2.85. The van der Waals surface area contributed by atoms with Gasteiger partial charge in [-0.15, -0.1) is 0 Å². The molecule has 2 aromatic carbocycles. The van der Waals surface area contributed by atoms with Gasteiger partial charge in [-0.2, -0.15) is 0 Å². The van der Waals surface area contributed by atoms with Crippen molar-refractivity contribution < 1.29 is 4.79 Å². The third-order valence-corrected chi connectivity index (χ3v) is 3.83. The normalized spacial score (nSPS) is 16.2. The predicted molar refractivity (Wildman–Crippen MR) is 79.2 cm³/mol. The van der Waals surface area contributed by atoms with E-state index >= 15 is 0 Å². The second-order valence-electron chi connectivity index (χ2n) is 5.29. The van der Waals surface area contributed by atoms with Gasteiger partial charge in [0.05, 0.1) is 0 Å². The van der Waals surface area contributed by atoms with Gasteiger partial charge in [0.2, 0.25) is 0 Å². The van der Waals surface area contributed by atoms with Crippen molar-refractivity contribution in [2.24, 2.45) is 0 Å². The van der Waals surface area contributed by atoms with E-state index in [9.17, 15) is 4.79 Å². The van der Waals surface area contributed by atoms with E-state index in [4.69, 9.17) is 0 Å². The van der Waals surface area contributed by atoms with Crippen LogP contribution in [0.2, 0.25) is 0 Å². The van der Waals surface area contributed by atoms with Gasteiger partial charge in [-0.05, 0) is 48.1 Å². The summed E-state index contributed by atoms with van der Waals surface area (Å²) in [6.07, 6.45) is 6.76. The molecule has 1 heteroatoms. The number of ketones is 1. The Bertz CT molecular complexity index is 632. The van der Waals surface area contributed by atoms with E-state index in [1.165, 1.54) is 21.9 Å². The van der Waals surface area contributed by atoms with Gasteiger partial charge in [-0.25, -0.2) is 0 Å². The third kappa shape index (κ3) is 2.76.